The smallest absolute Gasteiger partial charge is 0.266 e. The van der Waals surface area contributed by atoms with Crippen molar-refractivity contribution in [2.45, 2.75) is 32.4 Å². The summed E-state index contributed by atoms with van der Waals surface area (Å²) in [6.07, 6.45) is -0.904. The van der Waals surface area contributed by atoms with Crippen molar-refractivity contribution in [2.24, 2.45) is 0 Å². The van der Waals surface area contributed by atoms with Crippen LogP contribution in [0.25, 0.3) is 10.9 Å². The number of pyridine rings is 1. The molecule has 9 heteroatoms. The van der Waals surface area contributed by atoms with E-state index in [4.69, 9.17) is 4.74 Å². The quantitative estimate of drug-likeness (QED) is 0.641. The highest BCUT2D eigenvalue weighted by Gasteiger charge is 2.27. The number of aryl methyl sites for hydroxylation is 1. The van der Waals surface area contributed by atoms with Gasteiger partial charge in [-0.3, -0.25) is 4.98 Å². The largest absolute Gasteiger partial charge is 0.378 e. The number of hydrogen-bond donors (Lipinski definition) is 1. The fraction of sp³-hybridized carbons (Fsp3) is 0.381. The third kappa shape index (κ3) is 3.65. The maximum atomic E-state index is 14.6. The van der Waals surface area contributed by atoms with Gasteiger partial charge in [-0.15, -0.1) is 5.10 Å². The molecule has 3 heterocycles. The van der Waals surface area contributed by atoms with E-state index >= 15 is 0 Å². The first kappa shape index (κ1) is 20.3. The molecule has 0 bridgehead atoms. The average Bonchev–Trinajstić information content (AvgIpc) is 2.69. The zero-order chi connectivity index (χ0) is 21.4. The monoisotopic (exact) mass is 417 g/mol. The summed E-state index contributed by atoms with van der Waals surface area (Å²) < 4.78 is 46.0. The number of nitrogens with zero attached hydrogens (tertiary/aromatic N) is 4. The summed E-state index contributed by atoms with van der Waals surface area (Å²) in [5.74, 6) is -0.495. The molecule has 1 aliphatic rings. The van der Waals surface area contributed by atoms with Crippen LogP contribution >= 0.6 is 0 Å². The number of halogens is 3. The summed E-state index contributed by atoms with van der Waals surface area (Å²) >= 11 is 0. The predicted molar refractivity (Wildman–Crippen MR) is 108 cm³/mol. The molecule has 0 aliphatic carbocycles. The second-order valence-electron chi connectivity index (χ2n) is 7.40. The number of rotatable bonds is 6. The van der Waals surface area contributed by atoms with Crippen molar-refractivity contribution in [1.29, 1.82) is 0 Å². The maximum absolute atomic E-state index is 14.6. The van der Waals surface area contributed by atoms with E-state index in [0.717, 1.165) is 30.2 Å². The number of benzene rings is 1. The van der Waals surface area contributed by atoms with Crippen molar-refractivity contribution in [3.05, 3.63) is 53.1 Å². The molecule has 6 nitrogen and oxygen atoms in total. The lowest BCUT2D eigenvalue weighted by molar-refractivity contribution is 0.0787. The van der Waals surface area contributed by atoms with Gasteiger partial charge in [-0.25, -0.2) is 13.2 Å². The molecular formula is C21H22F3N5O. The van der Waals surface area contributed by atoms with Crippen LogP contribution in [-0.2, 0) is 4.74 Å². The van der Waals surface area contributed by atoms with Crippen LogP contribution in [-0.4, -0.2) is 41.5 Å². The van der Waals surface area contributed by atoms with Crippen LogP contribution in [0.15, 0.2) is 30.5 Å². The summed E-state index contributed by atoms with van der Waals surface area (Å²) in [5.41, 5.74) is 1.78. The molecule has 0 unspecified atom stereocenters. The second-order valence-corrected chi connectivity index (χ2v) is 7.40. The lowest BCUT2D eigenvalue weighted by atomic mass is 10.0. The zero-order valence-electron chi connectivity index (χ0n) is 16.9. The molecule has 1 aliphatic heterocycles. The molecule has 1 saturated heterocycles. The lowest BCUT2D eigenvalue weighted by Crippen LogP contribution is -2.51. The Morgan fingerprint density at radius 3 is 2.63 bits per heavy atom. The number of hydrogen-bond acceptors (Lipinski definition) is 6. The minimum atomic E-state index is -2.88. The standard InChI is InChI=1S/C21H22F3N5O/c1-11(15-5-4-6-16(18(15)22)20(23)24)26-21-17-7-13(29-9-14(10-29)30-3)8-25-19(17)12(2)27-28-21/h4-8,11,14,20H,9-10H2,1-3H3,(H,26,28)/t11-/m1/s1. The molecule has 0 radical (unpaired) electrons. The number of fused-ring (bicyclic) bond motifs is 1. The number of methoxy groups -OCH3 is 1. The minimum absolute atomic E-state index is 0.137. The van der Waals surface area contributed by atoms with Gasteiger partial charge in [0.2, 0.25) is 0 Å². The van der Waals surface area contributed by atoms with Gasteiger partial charge < -0.3 is 15.0 Å². The molecule has 0 saturated carbocycles. The third-order valence-corrected chi connectivity index (χ3v) is 5.43. The van der Waals surface area contributed by atoms with Gasteiger partial charge in [-0.05, 0) is 19.9 Å². The first-order chi connectivity index (χ1) is 14.4. The summed E-state index contributed by atoms with van der Waals surface area (Å²) in [6, 6.07) is 5.35. The average molecular weight is 417 g/mol. The van der Waals surface area contributed by atoms with Crippen molar-refractivity contribution < 1.29 is 17.9 Å². The number of anilines is 2. The van der Waals surface area contributed by atoms with Gasteiger partial charge in [0.1, 0.15) is 5.82 Å². The van der Waals surface area contributed by atoms with Crippen molar-refractivity contribution in [3.8, 4) is 0 Å². The second kappa shape index (κ2) is 8.06. The lowest BCUT2D eigenvalue weighted by Gasteiger charge is -2.39. The first-order valence-electron chi connectivity index (χ1n) is 9.62. The topological polar surface area (TPSA) is 63.2 Å². The predicted octanol–water partition coefficient (Wildman–Crippen LogP) is 4.42. The van der Waals surface area contributed by atoms with Gasteiger partial charge in [0, 0.05) is 31.1 Å². The van der Waals surface area contributed by atoms with Gasteiger partial charge in [-0.2, -0.15) is 5.10 Å². The third-order valence-electron chi connectivity index (χ3n) is 5.43. The van der Waals surface area contributed by atoms with Gasteiger partial charge in [0.05, 0.1) is 40.8 Å². The Balaban J connectivity index is 1.67. The Kier molecular flexibility index (Phi) is 5.46. The van der Waals surface area contributed by atoms with Crippen molar-refractivity contribution in [2.75, 3.05) is 30.4 Å². The van der Waals surface area contributed by atoms with Crippen LogP contribution in [0, 0.1) is 12.7 Å². The van der Waals surface area contributed by atoms with Gasteiger partial charge >= 0.3 is 0 Å². The van der Waals surface area contributed by atoms with Crippen LogP contribution in [0.4, 0.5) is 24.7 Å². The molecule has 1 N–H and O–H groups in total. The molecule has 0 amide bonds. The number of nitrogens with one attached hydrogen (secondary N) is 1. The summed E-state index contributed by atoms with van der Waals surface area (Å²) in [7, 11) is 1.69. The van der Waals surface area contributed by atoms with Crippen molar-refractivity contribution >= 4 is 22.4 Å². The summed E-state index contributed by atoms with van der Waals surface area (Å²) in [4.78, 5) is 6.67. The van der Waals surface area contributed by atoms with E-state index in [0.29, 0.717) is 17.0 Å². The Labute approximate surface area is 172 Å². The van der Waals surface area contributed by atoms with E-state index in [9.17, 15) is 13.2 Å². The zero-order valence-corrected chi connectivity index (χ0v) is 16.9. The number of ether oxygens (including phenoxy) is 1. The molecule has 158 valence electrons. The van der Waals surface area contributed by atoms with Gasteiger partial charge in [0.25, 0.3) is 6.43 Å². The normalized spacial score (nSPS) is 15.5. The molecule has 30 heavy (non-hydrogen) atoms. The van der Waals surface area contributed by atoms with E-state index in [1.165, 1.54) is 12.1 Å². The molecular weight excluding hydrogens is 395 g/mol. The van der Waals surface area contributed by atoms with Gasteiger partial charge in [0.15, 0.2) is 5.82 Å². The highest BCUT2D eigenvalue weighted by Crippen LogP contribution is 2.32. The molecule has 3 aromatic rings. The molecule has 1 atom stereocenters. The van der Waals surface area contributed by atoms with Crippen LogP contribution in [0.3, 0.4) is 0 Å². The summed E-state index contributed by atoms with van der Waals surface area (Å²) in [5, 5.41) is 12.2. The van der Waals surface area contributed by atoms with Crippen LogP contribution in [0.2, 0.25) is 0 Å². The number of alkyl halides is 2. The minimum Gasteiger partial charge on any atom is -0.378 e. The van der Waals surface area contributed by atoms with E-state index < -0.39 is 23.8 Å². The molecule has 1 aromatic carbocycles. The Bertz CT molecular complexity index is 1070. The van der Waals surface area contributed by atoms with Crippen LogP contribution in [0.1, 0.15) is 36.2 Å². The maximum Gasteiger partial charge on any atom is 0.266 e. The van der Waals surface area contributed by atoms with E-state index in [-0.39, 0.29) is 11.7 Å². The SMILES string of the molecule is COC1CN(c2cnc3c(C)nnc(N[C@H](C)c4cccc(C(F)F)c4F)c3c2)C1. The molecule has 4 rings (SSSR count). The first-order valence-corrected chi connectivity index (χ1v) is 9.62. The fourth-order valence-electron chi connectivity index (χ4n) is 3.58. The van der Waals surface area contributed by atoms with E-state index in [2.05, 4.69) is 25.4 Å². The van der Waals surface area contributed by atoms with Crippen LogP contribution in [0.5, 0.6) is 0 Å². The molecule has 1 fully saturated rings. The fourth-order valence-corrected chi connectivity index (χ4v) is 3.58. The van der Waals surface area contributed by atoms with Crippen molar-refractivity contribution in [1.82, 2.24) is 15.2 Å². The summed E-state index contributed by atoms with van der Waals surface area (Å²) in [6.45, 7) is 5.04. The Morgan fingerprint density at radius 2 is 1.93 bits per heavy atom. The highest BCUT2D eigenvalue weighted by molar-refractivity contribution is 5.92. The van der Waals surface area contributed by atoms with Crippen molar-refractivity contribution in [3.63, 3.8) is 0 Å². The molecule has 0 spiro atoms. The molecule has 2 aromatic heterocycles. The van der Waals surface area contributed by atoms with E-state index in [1.54, 1.807) is 20.2 Å². The Morgan fingerprint density at radius 1 is 1.20 bits per heavy atom. The number of aromatic nitrogens is 3. The van der Waals surface area contributed by atoms with E-state index in [1.807, 2.05) is 13.0 Å². The highest BCUT2D eigenvalue weighted by atomic mass is 19.3. The van der Waals surface area contributed by atoms with Gasteiger partial charge in [-0.1, -0.05) is 18.2 Å². The Hall–Kier alpha value is -2.94. The van der Waals surface area contributed by atoms with Crippen LogP contribution < -0.4 is 10.2 Å².